The molecule has 2 heterocycles. The molecule has 0 saturated carbocycles. The Hall–Kier alpha value is -2.06. The van der Waals surface area contributed by atoms with Crippen molar-refractivity contribution in [2.75, 3.05) is 12.8 Å². The van der Waals surface area contributed by atoms with E-state index in [9.17, 15) is 14.5 Å². The number of nitro groups is 1. The lowest BCUT2D eigenvalue weighted by Gasteiger charge is -2.28. The van der Waals surface area contributed by atoms with Gasteiger partial charge in [0.15, 0.2) is 5.16 Å². The lowest BCUT2D eigenvalue weighted by atomic mass is 10.1. The molecule has 0 unspecified atom stereocenters. The SMILES string of the molecule is CSc1ncc2c(n1)CCN(Cc1cc([N+](=O)[O-])ccc1F)C2. The summed E-state index contributed by atoms with van der Waals surface area (Å²) in [6.07, 6.45) is 4.51. The Morgan fingerprint density at radius 3 is 3.04 bits per heavy atom. The third-order valence-electron chi connectivity index (χ3n) is 3.81. The molecule has 0 radical (unpaired) electrons. The van der Waals surface area contributed by atoms with Gasteiger partial charge in [-0.3, -0.25) is 15.0 Å². The van der Waals surface area contributed by atoms with Crippen LogP contribution >= 0.6 is 11.8 Å². The van der Waals surface area contributed by atoms with Crippen molar-refractivity contribution in [1.82, 2.24) is 14.9 Å². The fraction of sp³-hybridized carbons (Fsp3) is 0.333. The Kier molecular flexibility index (Phi) is 4.53. The van der Waals surface area contributed by atoms with Gasteiger partial charge in [-0.2, -0.15) is 0 Å². The first-order chi connectivity index (χ1) is 11.1. The van der Waals surface area contributed by atoms with E-state index in [0.717, 1.165) is 35.4 Å². The number of aromatic nitrogens is 2. The molecule has 3 rings (SSSR count). The van der Waals surface area contributed by atoms with Crippen molar-refractivity contribution in [2.24, 2.45) is 0 Å². The first-order valence-corrected chi connectivity index (χ1v) is 8.33. The second-order valence-corrected chi connectivity index (χ2v) is 6.10. The number of hydrogen-bond donors (Lipinski definition) is 0. The van der Waals surface area contributed by atoms with E-state index >= 15 is 0 Å². The molecule has 0 atom stereocenters. The minimum absolute atomic E-state index is 0.0910. The zero-order chi connectivity index (χ0) is 16.4. The molecule has 6 nitrogen and oxygen atoms in total. The van der Waals surface area contributed by atoms with Crippen LogP contribution in [0, 0.1) is 15.9 Å². The van der Waals surface area contributed by atoms with E-state index in [1.165, 1.54) is 23.9 Å². The molecular formula is C15H15FN4O2S. The standard InChI is InChI=1S/C15H15FN4O2S/c1-23-15-17-7-11-9-19(5-4-14(11)18-15)8-10-6-12(20(21)22)2-3-13(10)16/h2-3,6-7H,4-5,8-9H2,1H3. The van der Waals surface area contributed by atoms with Gasteiger partial charge < -0.3 is 0 Å². The first-order valence-electron chi connectivity index (χ1n) is 7.11. The van der Waals surface area contributed by atoms with E-state index in [-0.39, 0.29) is 5.69 Å². The van der Waals surface area contributed by atoms with Crippen LogP contribution in [0.4, 0.5) is 10.1 Å². The predicted octanol–water partition coefficient (Wildman–Crippen LogP) is 2.80. The van der Waals surface area contributed by atoms with Crippen LogP contribution in [0.1, 0.15) is 16.8 Å². The fourth-order valence-electron chi connectivity index (χ4n) is 2.63. The highest BCUT2D eigenvalue weighted by molar-refractivity contribution is 7.98. The summed E-state index contributed by atoms with van der Waals surface area (Å²) < 4.78 is 13.9. The Balaban J connectivity index is 1.77. The van der Waals surface area contributed by atoms with Gasteiger partial charge in [0.25, 0.3) is 5.69 Å². The van der Waals surface area contributed by atoms with E-state index in [2.05, 4.69) is 9.97 Å². The number of benzene rings is 1. The molecule has 0 saturated heterocycles. The van der Waals surface area contributed by atoms with Gasteiger partial charge in [-0.15, -0.1) is 0 Å². The lowest BCUT2D eigenvalue weighted by molar-refractivity contribution is -0.385. The van der Waals surface area contributed by atoms with E-state index in [4.69, 9.17) is 0 Å². The molecule has 0 spiro atoms. The highest BCUT2D eigenvalue weighted by Crippen LogP contribution is 2.23. The number of non-ortho nitro benzene ring substituents is 1. The zero-order valence-corrected chi connectivity index (χ0v) is 13.3. The van der Waals surface area contributed by atoms with Gasteiger partial charge in [0.2, 0.25) is 0 Å². The van der Waals surface area contributed by atoms with Crippen LogP contribution in [0.3, 0.4) is 0 Å². The summed E-state index contributed by atoms with van der Waals surface area (Å²) in [6.45, 7) is 1.68. The van der Waals surface area contributed by atoms with Gasteiger partial charge in [-0.25, -0.2) is 14.4 Å². The van der Waals surface area contributed by atoms with Crippen molar-refractivity contribution in [2.45, 2.75) is 24.7 Å². The molecule has 0 fully saturated rings. The Labute approximate surface area is 136 Å². The van der Waals surface area contributed by atoms with Crippen LogP contribution in [0.2, 0.25) is 0 Å². The van der Waals surface area contributed by atoms with Crippen LogP contribution in [0.5, 0.6) is 0 Å². The smallest absolute Gasteiger partial charge is 0.269 e. The minimum Gasteiger partial charge on any atom is -0.294 e. The molecule has 0 N–H and O–H groups in total. The second-order valence-electron chi connectivity index (χ2n) is 5.32. The van der Waals surface area contributed by atoms with Gasteiger partial charge in [-0.1, -0.05) is 11.8 Å². The summed E-state index contributed by atoms with van der Waals surface area (Å²) in [6, 6.07) is 3.64. The fourth-order valence-corrected chi connectivity index (χ4v) is 2.99. The molecule has 2 aromatic rings. The van der Waals surface area contributed by atoms with Crippen LogP contribution < -0.4 is 0 Å². The van der Waals surface area contributed by atoms with Gasteiger partial charge in [0.05, 0.1) is 10.6 Å². The normalized spacial score (nSPS) is 14.5. The molecule has 1 aromatic heterocycles. The molecule has 1 aliphatic rings. The van der Waals surface area contributed by atoms with E-state index in [1.54, 1.807) is 0 Å². The van der Waals surface area contributed by atoms with Crippen LogP contribution in [0.25, 0.3) is 0 Å². The third kappa shape index (κ3) is 3.48. The van der Waals surface area contributed by atoms with Gasteiger partial charge in [-0.05, 0) is 12.3 Å². The average molecular weight is 334 g/mol. The maximum Gasteiger partial charge on any atom is 0.269 e. The molecule has 120 valence electrons. The van der Waals surface area contributed by atoms with Crippen molar-refractivity contribution >= 4 is 17.4 Å². The van der Waals surface area contributed by atoms with Crippen molar-refractivity contribution in [3.63, 3.8) is 0 Å². The van der Waals surface area contributed by atoms with Crippen molar-refractivity contribution in [3.8, 4) is 0 Å². The molecule has 0 amide bonds. The summed E-state index contributed by atoms with van der Waals surface area (Å²) >= 11 is 1.50. The number of hydrogen-bond acceptors (Lipinski definition) is 6. The lowest BCUT2D eigenvalue weighted by Crippen LogP contribution is -2.31. The zero-order valence-electron chi connectivity index (χ0n) is 12.5. The van der Waals surface area contributed by atoms with Gasteiger partial charge in [0.1, 0.15) is 5.82 Å². The minimum atomic E-state index is -0.508. The number of halogens is 1. The maximum atomic E-state index is 13.9. The maximum absolute atomic E-state index is 13.9. The number of fused-ring (bicyclic) bond motifs is 1. The summed E-state index contributed by atoms with van der Waals surface area (Å²) in [5.41, 5.74) is 2.30. The Morgan fingerprint density at radius 2 is 2.30 bits per heavy atom. The largest absolute Gasteiger partial charge is 0.294 e. The van der Waals surface area contributed by atoms with Crippen molar-refractivity contribution < 1.29 is 9.31 Å². The van der Waals surface area contributed by atoms with Gasteiger partial charge >= 0.3 is 0 Å². The Bertz CT molecular complexity index is 756. The van der Waals surface area contributed by atoms with Crippen LogP contribution in [0.15, 0.2) is 29.6 Å². The monoisotopic (exact) mass is 334 g/mol. The number of nitrogens with zero attached hydrogens (tertiary/aromatic N) is 4. The third-order valence-corrected chi connectivity index (χ3v) is 4.37. The number of rotatable bonds is 4. The van der Waals surface area contributed by atoms with Crippen molar-refractivity contribution in [1.29, 1.82) is 0 Å². The molecule has 1 aromatic carbocycles. The highest BCUT2D eigenvalue weighted by atomic mass is 32.2. The topological polar surface area (TPSA) is 72.2 Å². The van der Waals surface area contributed by atoms with E-state index in [1.807, 2.05) is 17.4 Å². The van der Waals surface area contributed by atoms with E-state index in [0.29, 0.717) is 18.7 Å². The van der Waals surface area contributed by atoms with E-state index < -0.39 is 10.7 Å². The summed E-state index contributed by atoms with van der Waals surface area (Å²) in [7, 11) is 0. The van der Waals surface area contributed by atoms with Crippen LogP contribution in [-0.2, 0) is 19.5 Å². The molecular weight excluding hydrogens is 319 g/mol. The quantitative estimate of drug-likeness (QED) is 0.370. The average Bonchev–Trinajstić information content (AvgIpc) is 2.56. The molecule has 8 heteroatoms. The summed E-state index contributed by atoms with van der Waals surface area (Å²) in [5.74, 6) is -0.421. The molecule has 0 bridgehead atoms. The predicted molar refractivity (Wildman–Crippen MR) is 84.7 cm³/mol. The molecule has 1 aliphatic heterocycles. The first kappa shape index (κ1) is 15.8. The molecule has 0 aliphatic carbocycles. The second kappa shape index (κ2) is 6.59. The summed E-state index contributed by atoms with van der Waals surface area (Å²) in [4.78, 5) is 21.1. The highest BCUT2D eigenvalue weighted by Gasteiger charge is 2.20. The molecule has 23 heavy (non-hydrogen) atoms. The number of thioether (sulfide) groups is 1. The van der Waals surface area contributed by atoms with Crippen molar-refractivity contribution in [3.05, 3.63) is 57.1 Å². The Morgan fingerprint density at radius 1 is 1.48 bits per heavy atom. The van der Waals surface area contributed by atoms with Crippen LogP contribution in [-0.4, -0.2) is 32.6 Å². The summed E-state index contributed by atoms with van der Waals surface area (Å²) in [5, 5.41) is 11.6. The van der Waals surface area contributed by atoms with Gasteiger partial charge in [0, 0.05) is 55.5 Å². The number of nitro benzene ring substituents is 1.